The third kappa shape index (κ3) is 2.75. The van der Waals surface area contributed by atoms with Gasteiger partial charge in [-0.15, -0.1) is 0 Å². The van der Waals surface area contributed by atoms with Crippen molar-refractivity contribution < 1.29 is 21.3 Å². The van der Waals surface area contributed by atoms with Crippen LogP contribution in [0.4, 0.5) is 0 Å². The number of sulfone groups is 2. The maximum absolute atomic E-state index is 14.0. The highest BCUT2D eigenvalue weighted by Gasteiger charge is 2.49. The van der Waals surface area contributed by atoms with E-state index in [1.54, 1.807) is 31.2 Å². The normalized spacial score (nSPS) is 16.8. The fraction of sp³-hybridized carbons (Fsp3) is 0.0968. The van der Waals surface area contributed by atoms with Crippen molar-refractivity contribution in [1.82, 2.24) is 4.57 Å². The first kappa shape index (κ1) is 22.8. The van der Waals surface area contributed by atoms with Gasteiger partial charge < -0.3 is 8.98 Å². The van der Waals surface area contributed by atoms with Gasteiger partial charge in [-0.05, 0) is 74.4 Å². The Morgan fingerprint density at radius 3 is 1.97 bits per heavy atom. The molecule has 0 radical (unpaired) electrons. The predicted molar refractivity (Wildman–Crippen MR) is 152 cm³/mol. The molecule has 0 bridgehead atoms. The highest BCUT2D eigenvalue weighted by Crippen LogP contribution is 2.56. The molecule has 0 amide bonds. The number of rotatable bonds is 1. The Kier molecular flexibility index (Phi) is 4.14. The van der Waals surface area contributed by atoms with Crippen molar-refractivity contribution in [1.29, 1.82) is 0 Å². The smallest absolute Gasteiger partial charge is 0.209 e. The molecule has 0 N–H and O–H groups in total. The largest absolute Gasteiger partial charge is 0.454 e. The number of hydrogen-bond donors (Lipinski definition) is 0. The maximum Gasteiger partial charge on any atom is 0.209 e. The summed E-state index contributed by atoms with van der Waals surface area (Å²) in [4.78, 5) is -0.248. The zero-order valence-electron chi connectivity index (χ0n) is 21.2. The van der Waals surface area contributed by atoms with E-state index in [0.717, 1.165) is 38.8 Å². The van der Waals surface area contributed by atoms with E-state index in [1.165, 1.54) is 6.07 Å². The van der Waals surface area contributed by atoms with Gasteiger partial charge in [-0.25, -0.2) is 16.8 Å². The van der Waals surface area contributed by atoms with E-state index in [0.29, 0.717) is 16.6 Å². The Morgan fingerprint density at radius 2 is 1.23 bits per heavy atom. The van der Waals surface area contributed by atoms with E-state index in [4.69, 9.17) is 4.42 Å². The van der Waals surface area contributed by atoms with Crippen LogP contribution >= 0.6 is 0 Å². The molecule has 39 heavy (non-hydrogen) atoms. The van der Waals surface area contributed by atoms with Crippen molar-refractivity contribution in [2.24, 2.45) is 0 Å². The van der Waals surface area contributed by atoms with E-state index in [1.807, 2.05) is 50.2 Å². The number of aromatic nitrogens is 1. The SMILES string of the molecule is Cc1ccc(-n2c3cc(C)ccc3c3oc4cc5c(cc4c32)S(=O)(=O)C2=C5S(=O)(=O)c3cc(C)ccc32)cc1. The molecule has 2 aliphatic heterocycles. The summed E-state index contributed by atoms with van der Waals surface area (Å²) in [6, 6.07) is 22.3. The second-order valence-electron chi connectivity index (χ2n) is 10.5. The molecule has 4 heterocycles. The minimum Gasteiger partial charge on any atom is -0.454 e. The third-order valence-electron chi connectivity index (χ3n) is 7.87. The zero-order chi connectivity index (χ0) is 27.0. The zero-order valence-corrected chi connectivity index (χ0v) is 22.9. The van der Waals surface area contributed by atoms with Gasteiger partial charge in [-0.3, -0.25) is 0 Å². The molecule has 6 nitrogen and oxygen atoms in total. The third-order valence-corrected chi connectivity index (χ3v) is 11.8. The van der Waals surface area contributed by atoms with E-state index in [-0.39, 0.29) is 30.7 Å². The molecular weight excluding hydrogens is 530 g/mol. The van der Waals surface area contributed by atoms with Crippen molar-refractivity contribution in [2.75, 3.05) is 0 Å². The topological polar surface area (TPSA) is 86.3 Å². The summed E-state index contributed by atoms with van der Waals surface area (Å²) in [7, 11) is -8.11. The minimum absolute atomic E-state index is 0.00519. The van der Waals surface area contributed by atoms with Gasteiger partial charge >= 0.3 is 0 Å². The Bertz CT molecular complexity index is 2370. The average Bonchev–Trinajstić information content (AvgIpc) is 3.54. The molecule has 6 aromatic rings. The summed E-state index contributed by atoms with van der Waals surface area (Å²) in [5.41, 5.74) is 7.05. The number of benzene rings is 4. The first-order valence-corrected chi connectivity index (χ1v) is 15.5. The highest BCUT2D eigenvalue weighted by atomic mass is 32.2. The lowest BCUT2D eigenvalue weighted by molar-refractivity contribution is 0.606. The summed E-state index contributed by atoms with van der Waals surface area (Å²) < 4.78 is 63.7. The van der Waals surface area contributed by atoms with Crippen LogP contribution in [-0.4, -0.2) is 21.4 Å². The van der Waals surface area contributed by atoms with Crippen LogP contribution in [0.5, 0.6) is 0 Å². The van der Waals surface area contributed by atoms with Gasteiger partial charge in [0.15, 0.2) is 5.58 Å². The second kappa shape index (κ2) is 7.08. The standard InChI is InChI=1S/C31H21NO5S2/c1-16-4-8-19(9-5-16)32-24-12-17(2)6-10-20(24)29-28(32)22-15-27-23(14-25(22)37-29)31-30(39(27,35)36)21-11-7-18(3)13-26(21)38(31,33)34/h4-15H,1-3H3. The molecule has 2 aromatic heterocycles. The van der Waals surface area contributed by atoms with Gasteiger partial charge in [-0.1, -0.05) is 35.9 Å². The number of hydrogen-bond acceptors (Lipinski definition) is 5. The molecule has 192 valence electrons. The van der Waals surface area contributed by atoms with Crippen LogP contribution < -0.4 is 0 Å². The molecule has 0 unspecified atom stereocenters. The number of nitrogens with zero attached hydrogens (tertiary/aromatic N) is 1. The quantitative estimate of drug-likeness (QED) is 0.223. The molecular formula is C31H21NO5S2. The first-order valence-electron chi connectivity index (χ1n) is 12.5. The predicted octanol–water partition coefficient (Wildman–Crippen LogP) is 6.86. The second-order valence-corrected chi connectivity index (χ2v) is 14.2. The molecule has 2 aliphatic rings. The molecule has 0 saturated carbocycles. The lowest BCUT2D eigenvalue weighted by Gasteiger charge is -2.10. The van der Waals surface area contributed by atoms with E-state index >= 15 is 0 Å². The van der Waals surface area contributed by atoms with Gasteiger partial charge in [0.05, 0.1) is 20.2 Å². The van der Waals surface area contributed by atoms with Crippen LogP contribution in [-0.2, 0) is 19.7 Å². The number of aryl methyl sites for hydroxylation is 3. The Labute approximate surface area is 224 Å². The number of fused-ring (bicyclic) bond motifs is 9. The summed E-state index contributed by atoms with van der Waals surface area (Å²) >= 11 is 0. The molecule has 0 aliphatic carbocycles. The first-order chi connectivity index (χ1) is 18.6. The lowest BCUT2D eigenvalue weighted by atomic mass is 10.1. The van der Waals surface area contributed by atoms with Gasteiger partial charge in [0.1, 0.15) is 16.0 Å². The monoisotopic (exact) mass is 551 g/mol. The van der Waals surface area contributed by atoms with Crippen LogP contribution in [0.25, 0.3) is 48.5 Å². The van der Waals surface area contributed by atoms with Crippen LogP contribution in [0.15, 0.2) is 87.0 Å². The van der Waals surface area contributed by atoms with E-state index < -0.39 is 19.7 Å². The molecule has 8 rings (SSSR count). The van der Waals surface area contributed by atoms with E-state index in [2.05, 4.69) is 10.6 Å². The van der Waals surface area contributed by atoms with E-state index in [9.17, 15) is 16.8 Å². The highest BCUT2D eigenvalue weighted by molar-refractivity contribution is 8.08. The van der Waals surface area contributed by atoms with Gasteiger partial charge in [0, 0.05) is 27.6 Å². The van der Waals surface area contributed by atoms with Crippen LogP contribution in [0.2, 0.25) is 0 Å². The van der Waals surface area contributed by atoms with Crippen LogP contribution in [0.1, 0.15) is 27.8 Å². The molecule has 0 fully saturated rings. The summed E-state index contributed by atoms with van der Waals surface area (Å²) in [6.45, 7) is 5.84. The Hall–Kier alpha value is -4.14. The average molecular weight is 552 g/mol. The van der Waals surface area contributed by atoms with Gasteiger partial charge in [-0.2, -0.15) is 0 Å². The summed E-state index contributed by atoms with van der Waals surface area (Å²) in [5.74, 6) is 0. The Morgan fingerprint density at radius 1 is 0.615 bits per heavy atom. The van der Waals surface area contributed by atoms with Crippen molar-refractivity contribution >= 4 is 62.5 Å². The molecule has 8 heteroatoms. The minimum atomic E-state index is -4.09. The fourth-order valence-electron chi connectivity index (χ4n) is 6.05. The molecule has 0 saturated heterocycles. The van der Waals surface area contributed by atoms with Crippen molar-refractivity contribution in [3.63, 3.8) is 0 Å². The molecule has 0 spiro atoms. The van der Waals surface area contributed by atoms with Crippen LogP contribution in [0, 0.1) is 20.8 Å². The van der Waals surface area contributed by atoms with Crippen molar-refractivity contribution in [3.05, 3.63) is 101 Å². The van der Waals surface area contributed by atoms with Crippen molar-refractivity contribution in [3.8, 4) is 5.69 Å². The number of furan rings is 1. The molecule has 4 aromatic carbocycles. The van der Waals surface area contributed by atoms with Crippen molar-refractivity contribution in [2.45, 2.75) is 30.6 Å². The Balaban J connectivity index is 1.49. The van der Waals surface area contributed by atoms with Gasteiger partial charge in [0.2, 0.25) is 19.7 Å². The maximum atomic E-state index is 14.0. The van der Waals surface area contributed by atoms with Gasteiger partial charge in [0.25, 0.3) is 0 Å². The summed E-state index contributed by atoms with van der Waals surface area (Å²) in [5, 5.41) is 1.51. The van der Waals surface area contributed by atoms with Crippen LogP contribution in [0.3, 0.4) is 0 Å². The lowest BCUT2D eigenvalue weighted by Crippen LogP contribution is -2.04. The fourth-order valence-corrected chi connectivity index (χ4v) is 10.4. The molecule has 0 atom stereocenters. The summed E-state index contributed by atoms with van der Waals surface area (Å²) in [6.07, 6.45) is 0.